The quantitative estimate of drug-likeness (QED) is 0.744. The van der Waals surface area contributed by atoms with Gasteiger partial charge in [0.1, 0.15) is 0 Å². The molecule has 0 spiro atoms. The summed E-state index contributed by atoms with van der Waals surface area (Å²) < 4.78 is 1.29. The maximum absolute atomic E-state index is 11.7. The van der Waals surface area contributed by atoms with Crippen molar-refractivity contribution in [2.75, 3.05) is 26.2 Å². The smallest absolute Gasteiger partial charge is 0.222 e. The molecule has 1 N–H and O–H groups in total. The fourth-order valence-corrected chi connectivity index (χ4v) is 3.55. The van der Waals surface area contributed by atoms with E-state index in [0.29, 0.717) is 5.41 Å². The summed E-state index contributed by atoms with van der Waals surface area (Å²) in [6, 6.07) is 0.736. The van der Waals surface area contributed by atoms with Crippen LogP contribution in [-0.2, 0) is 4.79 Å². The van der Waals surface area contributed by atoms with Gasteiger partial charge in [0.15, 0.2) is 0 Å². The average molecular weight is 239 g/mol. The molecule has 0 aromatic carbocycles. The molecule has 0 saturated carbocycles. The van der Waals surface area contributed by atoms with Gasteiger partial charge in [0.25, 0.3) is 0 Å². The van der Waals surface area contributed by atoms with E-state index in [2.05, 4.69) is 19.2 Å². The molecule has 2 aliphatic rings. The largest absolute Gasteiger partial charge is 0.355 e. The molecule has 0 aromatic heterocycles. The Morgan fingerprint density at radius 1 is 1.24 bits per heavy atom. The Hall–Kier alpha value is -0.570. The first kappa shape index (κ1) is 12.9. The van der Waals surface area contributed by atoms with Crippen LogP contribution in [0.4, 0.5) is 0 Å². The molecule has 2 rings (SSSR count). The number of hydrogen-bond donors (Lipinski definition) is 1. The van der Waals surface area contributed by atoms with Gasteiger partial charge >= 0.3 is 0 Å². The van der Waals surface area contributed by atoms with Crippen molar-refractivity contribution >= 4 is 5.91 Å². The van der Waals surface area contributed by atoms with Crippen LogP contribution in [-0.4, -0.2) is 42.6 Å². The number of rotatable bonds is 4. The third kappa shape index (κ3) is 2.22. The summed E-state index contributed by atoms with van der Waals surface area (Å²) in [4.78, 5) is 11.7. The van der Waals surface area contributed by atoms with Crippen LogP contribution in [0, 0.1) is 11.3 Å². The topological polar surface area (TPSA) is 29.1 Å². The average Bonchev–Trinajstić information content (AvgIpc) is 2.83. The molecule has 0 aromatic rings. The minimum Gasteiger partial charge on any atom is -0.355 e. The summed E-state index contributed by atoms with van der Waals surface area (Å²) in [5.41, 5.74) is 0.412. The van der Waals surface area contributed by atoms with Gasteiger partial charge in [-0.1, -0.05) is 13.8 Å². The number of fused-ring (bicyclic) bond motifs is 2. The third-order valence-corrected chi connectivity index (χ3v) is 5.08. The lowest BCUT2D eigenvalue weighted by Gasteiger charge is -2.35. The zero-order valence-corrected chi connectivity index (χ0v) is 11.8. The van der Waals surface area contributed by atoms with E-state index in [0.717, 1.165) is 12.6 Å². The van der Waals surface area contributed by atoms with Crippen molar-refractivity contribution in [1.82, 2.24) is 5.32 Å². The van der Waals surface area contributed by atoms with Crippen LogP contribution < -0.4 is 5.32 Å². The molecule has 98 valence electrons. The summed E-state index contributed by atoms with van der Waals surface area (Å²) >= 11 is 0. The highest BCUT2D eigenvalue weighted by molar-refractivity contribution is 5.77. The van der Waals surface area contributed by atoms with E-state index in [1.54, 1.807) is 0 Å². The first-order valence-corrected chi connectivity index (χ1v) is 7.03. The normalized spacial score (nSPS) is 35.9. The van der Waals surface area contributed by atoms with Crippen molar-refractivity contribution in [2.45, 2.75) is 46.6 Å². The van der Waals surface area contributed by atoms with E-state index in [-0.39, 0.29) is 11.8 Å². The molecular weight excluding hydrogens is 212 g/mol. The Balaban J connectivity index is 1.94. The number of piperidine rings is 1. The summed E-state index contributed by atoms with van der Waals surface area (Å²) in [6.45, 7) is 13.4. The number of nitrogens with one attached hydrogen (secondary N) is 1. The van der Waals surface area contributed by atoms with Gasteiger partial charge in [0, 0.05) is 30.7 Å². The highest BCUT2D eigenvalue weighted by Gasteiger charge is 2.56. The zero-order chi connectivity index (χ0) is 12.7. The summed E-state index contributed by atoms with van der Waals surface area (Å²) in [5, 5.41) is 3.15. The van der Waals surface area contributed by atoms with Crippen LogP contribution in [0.25, 0.3) is 0 Å². The van der Waals surface area contributed by atoms with Crippen LogP contribution in [0.5, 0.6) is 0 Å². The van der Waals surface area contributed by atoms with Crippen LogP contribution in [0.3, 0.4) is 0 Å². The van der Waals surface area contributed by atoms with Crippen molar-refractivity contribution in [3.63, 3.8) is 0 Å². The number of nitrogens with zero attached hydrogens (tertiary/aromatic N) is 1. The predicted octanol–water partition coefficient (Wildman–Crippen LogP) is 1.78. The van der Waals surface area contributed by atoms with E-state index < -0.39 is 0 Å². The molecule has 2 saturated heterocycles. The highest BCUT2D eigenvalue weighted by atomic mass is 16.1. The molecule has 3 heteroatoms. The van der Waals surface area contributed by atoms with Crippen LogP contribution in [0.1, 0.15) is 40.5 Å². The lowest BCUT2D eigenvalue weighted by molar-refractivity contribution is -0.929. The molecule has 3 nitrogen and oxygen atoms in total. The molecule has 0 unspecified atom stereocenters. The van der Waals surface area contributed by atoms with Crippen LogP contribution in [0.2, 0.25) is 0 Å². The Morgan fingerprint density at radius 2 is 1.82 bits per heavy atom. The Morgan fingerprint density at radius 3 is 2.24 bits per heavy atom. The molecule has 0 aliphatic carbocycles. The van der Waals surface area contributed by atoms with E-state index in [1.807, 2.05) is 13.8 Å². The van der Waals surface area contributed by atoms with Crippen LogP contribution in [0.15, 0.2) is 0 Å². The monoisotopic (exact) mass is 239 g/mol. The second-order valence-corrected chi connectivity index (χ2v) is 6.79. The van der Waals surface area contributed by atoms with Crippen molar-refractivity contribution in [3.05, 3.63) is 0 Å². The molecule has 2 aliphatic heterocycles. The predicted molar refractivity (Wildman–Crippen MR) is 69.5 cm³/mol. The summed E-state index contributed by atoms with van der Waals surface area (Å²) in [6.07, 6.45) is 2.59. The van der Waals surface area contributed by atoms with Gasteiger partial charge in [-0.2, -0.15) is 0 Å². The molecule has 2 heterocycles. The van der Waals surface area contributed by atoms with E-state index in [1.165, 1.54) is 37.0 Å². The van der Waals surface area contributed by atoms with Crippen molar-refractivity contribution in [3.8, 4) is 0 Å². The lowest BCUT2D eigenvalue weighted by Crippen LogP contribution is -2.49. The standard InChI is InChI=1S/C14H26N2O/c1-11(2)13(17)15-9-14-5-7-16(10-14,8-6-14)12(3)4/h11-12H,5-10H2,1-4H3/p+1. The minimum atomic E-state index is 0.110. The maximum Gasteiger partial charge on any atom is 0.222 e. The van der Waals surface area contributed by atoms with E-state index >= 15 is 0 Å². The summed E-state index contributed by atoms with van der Waals surface area (Å²) in [5.74, 6) is 0.319. The second-order valence-electron chi connectivity index (χ2n) is 6.79. The molecule has 0 radical (unpaired) electrons. The first-order valence-electron chi connectivity index (χ1n) is 7.03. The number of amides is 1. The Kier molecular flexibility index (Phi) is 3.23. The van der Waals surface area contributed by atoms with Gasteiger partial charge in [-0.15, -0.1) is 0 Å². The summed E-state index contributed by atoms with van der Waals surface area (Å²) in [7, 11) is 0. The van der Waals surface area contributed by atoms with Crippen LogP contribution >= 0.6 is 0 Å². The first-order chi connectivity index (χ1) is 7.89. The van der Waals surface area contributed by atoms with Crippen molar-refractivity contribution < 1.29 is 9.28 Å². The zero-order valence-electron chi connectivity index (χ0n) is 11.8. The highest BCUT2D eigenvalue weighted by Crippen LogP contribution is 2.46. The van der Waals surface area contributed by atoms with E-state index in [9.17, 15) is 4.79 Å². The number of hydrogen-bond acceptors (Lipinski definition) is 1. The molecule has 1 amide bonds. The van der Waals surface area contributed by atoms with Gasteiger partial charge < -0.3 is 9.80 Å². The molecule has 17 heavy (non-hydrogen) atoms. The van der Waals surface area contributed by atoms with Gasteiger partial charge in [-0.25, -0.2) is 0 Å². The van der Waals surface area contributed by atoms with Gasteiger partial charge in [0.2, 0.25) is 5.91 Å². The second kappa shape index (κ2) is 4.27. The fourth-order valence-electron chi connectivity index (χ4n) is 3.55. The SMILES string of the molecule is CC(C)C(=O)NCC12CC[N+](C(C)C)(CC1)C2. The number of carbonyl (C=O) groups is 1. The van der Waals surface area contributed by atoms with Crippen molar-refractivity contribution in [2.24, 2.45) is 11.3 Å². The molecule has 2 bridgehead atoms. The van der Waals surface area contributed by atoms with Gasteiger partial charge in [-0.3, -0.25) is 4.79 Å². The molecule has 2 fully saturated rings. The number of carbonyl (C=O) groups excluding carboxylic acids is 1. The molecular formula is C14H27N2O+. The lowest BCUT2D eigenvalue weighted by atomic mass is 9.84. The molecule has 0 atom stereocenters. The fraction of sp³-hybridized carbons (Fsp3) is 0.929. The minimum absolute atomic E-state index is 0.110. The van der Waals surface area contributed by atoms with Crippen molar-refractivity contribution in [1.29, 1.82) is 0 Å². The number of quaternary nitrogens is 1. The maximum atomic E-state index is 11.7. The van der Waals surface area contributed by atoms with Gasteiger partial charge in [-0.05, 0) is 13.8 Å². The third-order valence-electron chi connectivity index (χ3n) is 5.08. The Labute approximate surface area is 105 Å². The van der Waals surface area contributed by atoms with E-state index in [4.69, 9.17) is 0 Å². The van der Waals surface area contributed by atoms with Gasteiger partial charge in [0.05, 0.1) is 25.7 Å². The Bertz CT molecular complexity index is 301.